The number of aromatic nitrogens is 2. The van der Waals surface area contributed by atoms with Crippen LogP contribution in [-0.2, 0) is 11.3 Å². The smallest absolute Gasteiger partial charge is 0.293 e. The van der Waals surface area contributed by atoms with Gasteiger partial charge in [-0.15, -0.1) is 0 Å². The van der Waals surface area contributed by atoms with Crippen molar-refractivity contribution < 1.29 is 4.74 Å². The van der Waals surface area contributed by atoms with E-state index in [-0.39, 0.29) is 16.5 Å². The van der Waals surface area contributed by atoms with E-state index in [4.69, 9.17) is 22.1 Å². The third-order valence-corrected chi connectivity index (χ3v) is 1.69. The molecule has 5 nitrogen and oxygen atoms in total. The van der Waals surface area contributed by atoms with E-state index in [0.717, 1.165) is 0 Å². The normalized spacial score (nSPS) is 10.3. The van der Waals surface area contributed by atoms with E-state index in [0.29, 0.717) is 13.2 Å². The van der Waals surface area contributed by atoms with Gasteiger partial charge in [-0.2, -0.15) is 0 Å². The van der Waals surface area contributed by atoms with E-state index in [9.17, 15) is 4.79 Å². The van der Waals surface area contributed by atoms with E-state index < -0.39 is 0 Å². The van der Waals surface area contributed by atoms with Gasteiger partial charge in [0, 0.05) is 19.9 Å². The fraction of sp³-hybridized carbons (Fsp3) is 0.429. The lowest BCUT2D eigenvalue weighted by Gasteiger charge is -2.05. The molecular formula is C7H10ClN3O2. The summed E-state index contributed by atoms with van der Waals surface area (Å²) in [5, 5.41) is 0.202. The third kappa shape index (κ3) is 2.43. The second kappa shape index (κ2) is 4.25. The molecule has 0 saturated carbocycles. The summed E-state index contributed by atoms with van der Waals surface area (Å²) in [6.45, 7) is 0.849. The van der Waals surface area contributed by atoms with Gasteiger partial charge in [0.05, 0.1) is 6.61 Å². The first-order valence-corrected chi connectivity index (χ1v) is 4.04. The van der Waals surface area contributed by atoms with Crippen LogP contribution in [0.4, 0.5) is 5.82 Å². The van der Waals surface area contributed by atoms with Crippen LogP contribution in [0.5, 0.6) is 0 Å². The van der Waals surface area contributed by atoms with E-state index in [2.05, 4.69) is 4.98 Å². The van der Waals surface area contributed by atoms with Crippen LogP contribution >= 0.6 is 11.6 Å². The fourth-order valence-electron chi connectivity index (χ4n) is 0.882. The highest BCUT2D eigenvalue weighted by atomic mass is 35.5. The maximum Gasteiger partial charge on any atom is 0.293 e. The van der Waals surface area contributed by atoms with Gasteiger partial charge in [-0.25, -0.2) is 4.98 Å². The summed E-state index contributed by atoms with van der Waals surface area (Å²) in [4.78, 5) is 14.9. The Morgan fingerprint density at radius 1 is 1.77 bits per heavy atom. The van der Waals surface area contributed by atoms with Gasteiger partial charge in [-0.05, 0) is 0 Å². The maximum atomic E-state index is 11.3. The van der Waals surface area contributed by atoms with E-state index in [1.165, 1.54) is 10.8 Å². The lowest BCUT2D eigenvalue weighted by Crippen LogP contribution is -2.25. The Bertz CT molecular complexity index is 350. The third-order valence-electron chi connectivity index (χ3n) is 1.51. The molecule has 1 aromatic rings. The monoisotopic (exact) mass is 203 g/mol. The van der Waals surface area contributed by atoms with Crippen molar-refractivity contribution in [3.63, 3.8) is 0 Å². The highest BCUT2D eigenvalue weighted by Crippen LogP contribution is 2.02. The first-order valence-electron chi connectivity index (χ1n) is 3.66. The van der Waals surface area contributed by atoms with Crippen molar-refractivity contribution >= 4 is 17.4 Å². The zero-order chi connectivity index (χ0) is 9.84. The summed E-state index contributed by atoms with van der Waals surface area (Å²) in [7, 11) is 1.55. The maximum absolute atomic E-state index is 11.3. The number of hydrogen-bond donors (Lipinski definition) is 1. The van der Waals surface area contributed by atoms with Crippen LogP contribution in [0.3, 0.4) is 0 Å². The van der Waals surface area contributed by atoms with Crippen LogP contribution in [0, 0.1) is 0 Å². The molecule has 0 spiro atoms. The number of rotatable bonds is 3. The number of hydrogen-bond acceptors (Lipinski definition) is 4. The minimum absolute atomic E-state index is 0.0939. The standard InChI is InChI=1S/C7H10ClN3O2/c1-13-3-2-11-4-5(8)10-6(9)7(11)12/h4H,2-3H2,1H3,(H2,9,10). The lowest BCUT2D eigenvalue weighted by molar-refractivity contribution is 0.186. The number of nitrogen functional groups attached to an aromatic ring is 1. The fourth-order valence-corrected chi connectivity index (χ4v) is 1.09. The SMILES string of the molecule is COCCn1cc(Cl)nc(N)c1=O. The first kappa shape index (κ1) is 10.0. The topological polar surface area (TPSA) is 70.1 Å². The molecule has 0 aliphatic rings. The minimum atomic E-state index is -0.346. The van der Waals surface area contributed by atoms with Gasteiger partial charge >= 0.3 is 0 Å². The summed E-state index contributed by atoms with van der Waals surface area (Å²) in [6.07, 6.45) is 1.43. The molecule has 0 saturated heterocycles. The molecule has 0 bridgehead atoms. The molecule has 13 heavy (non-hydrogen) atoms. The molecule has 72 valence electrons. The first-order chi connectivity index (χ1) is 6.15. The predicted octanol–water partition coefficient (Wildman–Crippen LogP) is 0.125. The molecule has 0 aliphatic carbocycles. The van der Waals surface area contributed by atoms with Crippen molar-refractivity contribution in [2.24, 2.45) is 0 Å². The van der Waals surface area contributed by atoms with Crippen molar-refractivity contribution in [3.05, 3.63) is 21.7 Å². The van der Waals surface area contributed by atoms with Crippen molar-refractivity contribution in [1.82, 2.24) is 9.55 Å². The van der Waals surface area contributed by atoms with Crippen molar-refractivity contribution in [2.75, 3.05) is 19.5 Å². The predicted molar refractivity (Wildman–Crippen MR) is 49.8 cm³/mol. The molecule has 0 unspecified atom stereocenters. The molecule has 0 radical (unpaired) electrons. The van der Waals surface area contributed by atoms with E-state index in [1.807, 2.05) is 0 Å². The van der Waals surface area contributed by atoms with Crippen LogP contribution in [0.2, 0.25) is 5.15 Å². The molecule has 0 aliphatic heterocycles. The Hall–Kier alpha value is -1.07. The van der Waals surface area contributed by atoms with Crippen molar-refractivity contribution in [3.8, 4) is 0 Å². The zero-order valence-corrected chi connectivity index (χ0v) is 7.91. The molecular weight excluding hydrogens is 194 g/mol. The number of anilines is 1. The highest BCUT2D eigenvalue weighted by Gasteiger charge is 2.03. The number of halogens is 1. The number of nitrogens with two attached hydrogens (primary N) is 1. The van der Waals surface area contributed by atoms with E-state index in [1.54, 1.807) is 7.11 Å². The summed E-state index contributed by atoms with van der Waals surface area (Å²) >= 11 is 5.61. The lowest BCUT2D eigenvalue weighted by atomic mass is 10.5. The molecule has 1 aromatic heterocycles. The summed E-state index contributed by atoms with van der Waals surface area (Å²) < 4.78 is 6.19. The molecule has 2 N–H and O–H groups in total. The van der Waals surface area contributed by atoms with Gasteiger partial charge in [-0.3, -0.25) is 4.79 Å². The second-order valence-corrected chi connectivity index (χ2v) is 2.83. The van der Waals surface area contributed by atoms with Gasteiger partial charge < -0.3 is 15.0 Å². The van der Waals surface area contributed by atoms with Gasteiger partial charge in [-0.1, -0.05) is 11.6 Å². The zero-order valence-electron chi connectivity index (χ0n) is 7.16. The highest BCUT2D eigenvalue weighted by molar-refractivity contribution is 6.29. The van der Waals surface area contributed by atoms with Crippen LogP contribution in [-0.4, -0.2) is 23.3 Å². The Morgan fingerprint density at radius 2 is 2.46 bits per heavy atom. The van der Waals surface area contributed by atoms with Crippen LogP contribution in [0.15, 0.2) is 11.0 Å². The molecule has 0 amide bonds. The van der Waals surface area contributed by atoms with Gasteiger partial charge in [0.2, 0.25) is 0 Å². The van der Waals surface area contributed by atoms with Crippen molar-refractivity contribution in [2.45, 2.75) is 6.54 Å². The number of methoxy groups -OCH3 is 1. The summed E-state index contributed by atoms with van der Waals surface area (Å²) in [5.74, 6) is -0.0939. The number of nitrogens with zero attached hydrogens (tertiary/aromatic N) is 2. The molecule has 0 fully saturated rings. The number of ether oxygens (including phenoxy) is 1. The molecule has 1 rings (SSSR count). The Labute approximate surface area is 80.1 Å². The second-order valence-electron chi connectivity index (χ2n) is 2.44. The Morgan fingerprint density at radius 3 is 3.08 bits per heavy atom. The Balaban J connectivity index is 2.99. The van der Waals surface area contributed by atoms with E-state index >= 15 is 0 Å². The average Bonchev–Trinajstić information content (AvgIpc) is 2.09. The molecule has 0 aromatic carbocycles. The van der Waals surface area contributed by atoms with Gasteiger partial charge in [0.15, 0.2) is 5.82 Å². The molecule has 0 atom stereocenters. The minimum Gasteiger partial charge on any atom is -0.383 e. The largest absolute Gasteiger partial charge is 0.383 e. The average molecular weight is 204 g/mol. The molecule has 1 heterocycles. The Kier molecular flexibility index (Phi) is 3.27. The summed E-state index contributed by atoms with van der Waals surface area (Å²) in [6, 6.07) is 0. The molecule has 6 heteroatoms. The van der Waals surface area contributed by atoms with Gasteiger partial charge in [0.1, 0.15) is 5.15 Å². The van der Waals surface area contributed by atoms with Crippen LogP contribution in [0.25, 0.3) is 0 Å². The quantitative estimate of drug-likeness (QED) is 0.758. The summed E-state index contributed by atoms with van der Waals surface area (Å²) in [5.41, 5.74) is 4.98. The van der Waals surface area contributed by atoms with Gasteiger partial charge in [0.25, 0.3) is 5.56 Å². The van der Waals surface area contributed by atoms with Crippen LogP contribution in [0.1, 0.15) is 0 Å². The van der Waals surface area contributed by atoms with Crippen LogP contribution < -0.4 is 11.3 Å². The van der Waals surface area contributed by atoms with Crippen molar-refractivity contribution in [1.29, 1.82) is 0 Å².